The number of amides is 1. The Morgan fingerprint density at radius 1 is 0.839 bits per heavy atom. The number of carbonyl (C=O) groups is 1. The van der Waals surface area contributed by atoms with Gasteiger partial charge >= 0.3 is 6.09 Å². The van der Waals surface area contributed by atoms with Crippen LogP contribution in [-0.4, -0.2) is 88.6 Å². The van der Waals surface area contributed by atoms with Crippen LogP contribution in [0.15, 0.2) is 30.3 Å². The van der Waals surface area contributed by atoms with Crippen LogP contribution in [0.5, 0.6) is 0 Å². The van der Waals surface area contributed by atoms with E-state index >= 15 is 0 Å². The summed E-state index contributed by atoms with van der Waals surface area (Å²) in [6, 6.07) is 10.1. The fourth-order valence-corrected chi connectivity index (χ4v) is 2.72. The molecule has 0 aliphatic carbocycles. The highest BCUT2D eigenvalue weighted by Crippen LogP contribution is 2.16. The number of ether oxygens (including phenoxy) is 6. The zero-order valence-electron chi connectivity index (χ0n) is 19.0. The van der Waals surface area contributed by atoms with Gasteiger partial charge in [0, 0.05) is 0 Å². The van der Waals surface area contributed by atoms with E-state index < -0.39 is 5.60 Å². The SMILES string of the molecule is CC(C)(C)OC(=O)N1CC(OCCOCCOCCOCCOCc2ccccc2)C1. The highest BCUT2D eigenvalue weighted by atomic mass is 16.6. The molecular formula is C23H37NO7. The van der Waals surface area contributed by atoms with Crippen LogP contribution in [0.4, 0.5) is 4.79 Å². The van der Waals surface area contributed by atoms with Crippen molar-refractivity contribution >= 4 is 6.09 Å². The molecule has 1 fully saturated rings. The van der Waals surface area contributed by atoms with Gasteiger partial charge in [-0.1, -0.05) is 30.3 Å². The molecule has 0 atom stereocenters. The summed E-state index contributed by atoms with van der Waals surface area (Å²) in [4.78, 5) is 13.5. The number of hydrogen-bond donors (Lipinski definition) is 0. The number of carbonyl (C=O) groups excluding carboxylic acids is 1. The van der Waals surface area contributed by atoms with Crippen LogP contribution in [0.25, 0.3) is 0 Å². The number of rotatable bonds is 15. The second-order valence-electron chi connectivity index (χ2n) is 8.25. The Hall–Kier alpha value is -1.71. The Balaban J connectivity index is 1.28. The Kier molecular flexibility index (Phi) is 11.8. The smallest absolute Gasteiger partial charge is 0.410 e. The van der Waals surface area contributed by atoms with Gasteiger partial charge in [0.1, 0.15) is 5.60 Å². The molecular weight excluding hydrogens is 402 g/mol. The molecule has 0 unspecified atom stereocenters. The summed E-state index contributed by atoms with van der Waals surface area (Å²) < 4.78 is 32.9. The maximum absolute atomic E-state index is 11.8. The van der Waals surface area contributed by atoms with Crippen molar-refractivity contribution in [1.82, 2.24) is 4.90 Å². The minimum absolute atomic E-state index is 0.0567. The average molecular weight is 440 g/mol. The van der Waals surface area contributed by atoms with E-state index in [1.807, 2.05) is 51.1 Å². The zero-order chi connectivity index (χ0) is 22.4. The van der Waals surface area contributed by atoms with Gasteiger partial charge in [-0.25, -0.2) is 4.79 Å². The molecule has 0 saturated carbocycles. The van der Waals surface area contributed by atoms with Gasteiger partial charge in [0.2, 0.25) is 0 Å². The van der Waals surface area contributed by atoms with Gasteiger partial charge in [-0.05, 0) is 26.3 Å². The number of likely N-dealkylation sites (tertiary alicyclic amines) is 1. The van der Waals surface area contributed by atoms with Crippen LogP contribution >= 0.6 is 0 Å². The van der Waals surface area contributed by atoms with Gasteiger partial charge < -0.3 is 33.3 Å². The second kappa shape index (κ2) is 14.4. The highest BCUT2D eigenvalue weighted by molar-refractivity contribution is 5.69. The van der Waals surface area contributed by atoms with Crippen LogP contribution in [0.3, 0.4) is 0 Å². The van der Waals surface area contributed by atoms with E-state index in [1.54, 1.807) is 4.90 Å². The number of benzene rings is 1. The van der Waals surface area contributed by atoms with Gasteiger partial charge in [0.15, 0.2) is 0 Å². The zero-order valence-corrected chi connectivity index (χ0v) is 19.0. The normalized spacial score (nSPS) is 14.5. The number of nitrogens with zero attached hydrogens (tertiary/aromatic N) is 1. The molecule has 8 nitrogen and oxygen atoms in total. The van der Waals surface area contributed by atoms with Crippen LogP contribution in [-0.2, 0) is 35.0 Å². The molecule has 1 heterocycles. The van der Waals surface area contributed by atoms with E-state index in [-0.39, 0.29) is 12.2 Å². The van der Waals surface area contributed by atoms with Crippen LogP contribution in [0, 0.1) is 0 Å². The molecule has 1 aromatic carbocycles. The van der Waals surface area contributed by atoms with E-state index in [4.69, 9.17) is 28.4 Å². The molecule has 0 aromatic heterocycles. The summed E-state index contributed by atoms with van der Waals surface area (Å²) in [5.41, 5.74) is 0.689. The molecule has 176 valence electrons. The third-order valence-electron chi connectivity index (χ3n) is 4.31. The fraction of sp³-hybridized carbons (Fsp3) is 0.696. The molecule has 8 heteroatoms. The fourth-order valence-electron chi connectivity index (χ4n) is 2.72. The quantitative estimate of drug-likeness (QED) is 0.389. The standard InChI is InChI=1S/C23H37NO7/c1-23(2,3)31-22(25)24-17-21(18-24)30-16-15-28-12-11-26-9-10-27-13-14-29-19-20-7-5-4-6-8-20/h4-8,21H,9-19H2,1-3H3. The highest BCUT2D eigenvalue weighted by Gasteiger charge is 2.34. The third-order valence-corrected chi connectivity index (χ3v) is 4.31. The molecule has 0 N–H and O–H groups in total. The van der Waals surface area contributed by atoms with Gasteiger partial charge in [0.25, 0.3) is 0 Å². The maximum atomic E-state index is 11.8. The van der Waals surface area contributed by atoms with Gasteiger partial charge in [-0.2, -0.15) is 0 Å². The van der Waals surface area contributed by atoms with E-state index in [0.717, 1.165) is 5.56 Å². The van der Waals surface area contributed by atoms with Gasteiger partial charge in [0.05, 0.1) is 78.7 Å². The first-order chi connectivity index (χ1) is 14.9. The second-order valence-corrected chi connectivity index (χ2v) is 8.25. The maximum Gasteiger partial charge on any atom is 0.410 e. The predicted octanol–water partition coefficient (Wildman–Crippen LogP) is 2.89. The van der Waals surface area contributed by atoms with Gasteiger partial charge in [-0.3, -0.25) is 0 Å². The van der Waals surface area contributed by atoms with E-state index in [0.29, 0.717) is 72.6 Å². The van der Waals surface area contributed by atoms with Crippen molar-refractivity contribution in [2.24, 2.45) is 0 Å². The summed E-state index contributed by atoms with van der Waals surface area (Å²) in [7, 11) is 0. The monoisotopic (exact) mass is 439 g/mol. The van der Waals surface area contributed by atoms with Crippen molar-refractivity contribution in [3.05, 3.63) is 35.9 Å². The van der Waals surface area contributed by atoms with Crippen molar-refractivity contribution in [3.63, 3.8) is 0 Å². The van der Waals surface area contributed by atoms with E-state index in [9.17, 15) is 4.79 Å². The summed E-state index contributed by atoms with van der Waals surface area (Å²) in [6.45, 7) is 11.5. The lowest BCUT2D eigenvalue weighted by molar-refractivity contribution is -0.0780. The predicted molar refractivity (Wildman–Crippen MR) is 116 cm³/mol. The molecule has 0 radical (unpaired) electrons. The Morgan fingerprint density at radius 2 is 1.35 bits per heavy atom. The lowest BCUT2D eigenvalue weighted by Gasteiger charge is -2.39. The average Bonchev–Trinajstić information content (AvgIpc) is 2.68. The third kappa shape index (κ3) is 12.0. The number of hydrogen-bond acceptors (Lipinski definition) is 7. The molecule has 1 saturated heterocycles. The molecule has 0 spiro atoms. The van der Waals surface area contributed by atoms with E-state index in [2.05, 4.69) is 0 Å². The molecule has 2 rings (SSSR count). The van der Waals surface area contributed by atoms with Crippen LogP contribution in [0.2, 0.25) is 0 Å². The van der Waals surface area contributed by atoms with Crippen molar-refractivity contribution in [2.75, 3.05) is 65.9 Å². The molecule has 1 aliphatic rings. The Morgan fingerprint density at radius 3 is 1.90 bits per heavy atom. The first-order valence-corrected chi connectivity index (χ1v) is 10.9. The Labute approximate surface area is 185 Å². The minimum Gasteiger partial charge on any atom is -0.444 e. The van der Waals surface area contributed by atoms with Crippen molar-refractivity contribution in [2.45, 2.75) is 39.1 Å². The Bertz CT molecular complexity index is 600. The molecule has 31 heavy (non-hydrogen) atoms. The lowest BCUT2D eigenvalue weighted by Crippen LogP contribution is -2.56. The first kappa shape index (κ1) is 25.5. The first-order valence-electron chi connectivity index (χ1n) is 10.9. The molecule has 1 aliphatic heterocycles. The summed E-state index contributed by atoms with van der Waals surface area (Å²) in [5.74, 6) is 0. The lowest BCUT2D eigenvalue weighted by atomic mass is 10.2. The van der Waals surface area contributed by atoms with Crippen LogP contribution in [0.1, 0.15) is 26.3 Å². The molecule has 0 bridgehead atoms. The van der Waals surface area contributed by atoms with Crippen molar-refractivity contribution < 1.29 is 33.2 Å². The molecule has 1 aromatic rings. The summed E-state index contributed by atoms with van der Waals surface area (Å²) in [6.07, 6.45) is -0.231. The van der Waals surface area contributed by atoms with Crippen molar-refractivity contribution in [1.29, 1.82) is 0 Å². The van der Waals surface area contributed by atoms with Crippen molar-refractivity contribution in [3.8, 4) is 0 Å². The minimum atomic E-state index is -0.470. The summed E-state index contributed by atoms with van der Waals surface area (Å²) in [5, 5.41) is 0. The van der Waals surface area contributed by atoms with Crippen LogP contribution < -0.4 is 0 Å². The topological polar surface area (TPSA) is 75.7 Å². The van der Waals surface area contributed by atoms with E-state index in [1.165, 1.54) is 0 Å². The van der Waals surface area contributed by atoms with Gasteiger partial charge in [-0.15, -0.1) is 0 Å². The summed E-state index contributed by atoms with van der Waals surface area (Å²) >= 11 is 0. The largest absolute Gasteiger partial charge is 0.444 e. The molecule has 1 amide bonds.